The molecule has 3 N–H and O–H groups in total. The third-order valence-electron chi connectivity index (χ3n) is 3.03. The second-order valence-corrected chi connectivity index (χ2v) is 6.11. The Kier molecular flexibility index (Phi) is 7.54. The average Bonchev–Trinajstić information content (AvgIpc) is 2.38. The molecule has 0 bridgehead atoms. The largest absolute Gasteiger partial charge is 0.397 e. The molecule has 4 nitrogen and oxygen atoms in total. The Hall–Kier alpha value is -1.26. The van der Waals surface area contributed by atoms with E-state index in [2.05, 4.69) is 26.1 Å². The molecule has 1 aromatic rings. The molecule has 0 radical (unpaired) electrons. The van der Waals surface area contributed by atoms with Gasteiger partial charge in [0.05, 0.1) is 16.8 Å². The monoisotopic (exact) mass is 312 g/mol. The maximum absolute atomic E-state index is 11.8. The quantitative estimate of drug-likeness (QED) is 0.561. The van der Waals surface area contributed by atoms with Gasteiger partial charge in [0.25, 0.3) is 0 Å². The highest BCUT2D eigenvalue weighted by Crippen LogP contribution is 2.22. The van der Waals surface area contributed by atoms with E-state index in [1.54, 1.807) is 18.2 Å². The Morgan fingerprint density at radius 1 is 1.38 bits per heavy atom. The summed E-state index contributed by atoms with van der Waals surface area (Å²) < 4.78 is 5.67. The summed E-state index contributed by atoms with van der Waals surface area (Å²) in [7, 11) is 0. The summed E-state index contributed by atoms with van der Waals surface area (Å²) in [5.41, 5.74) is 6.81. The second kappa shape index (κ2) is 8.90. The highest BCUT2D eigenvalue weighted by molar-refractivity contribution is 6.33. The van der Waals surface area contributed by atoms with Gasteiger partial charge in [-0.2, -0.15) is 0 Å². The lowest BCUT2D eigenvalue weighted by Crippen LogP contribution is -2.15. The van der Waals surface area contributed by atoms with Crippen LogP contribution in [0.1, 0.15) is 40.0 Å². The van der Waals surface area contributed by atoms with Crippen LogP contribution < -0.4 is 11.1 Å². The number of nitrogen functional groups attached to an aromatic ring is 1. The van der Waals surface area contributed by atoms with E-state index >= 15 is 0 Å². The van der Waals surface area contributed by atoms with Crippen molar-refractivity contribution in [3.8, 4) is 0 Å². The first-order valence-corrected chi connectivity index (χ1v) is 7.72. The van der Waals surface area contributed by atoms with Crippen molar-refractivity contribution < 1.29 is 9.53 Å². The van der Waals surface area contributed by atoms with Gasteiger partial charge in [0.1, 0.15) is 0 Å². The number of rotatable bonds is 8. The molecular formula is C16H25ClN2O2. The summed E-state index contributed by atoms with van der Waals surface area (Å²) in [6.45, 7) is 7.01. The first-order valence-electron chi connectivity index (χ1n) is 7.35. The molecule has 0 aromatic heterocycles. The number of carbonyl (C=O) groups excluding carboxylic acids is 1. The van der Waals surface area contributed by atoms with E-state index in [0.717, 1.165) is 6.42 Å². The van der Waals surface area contributed by atoms with E-state index in [-0.39, 0.29) is 12.0 Å². The van der Waals surface area contributed by atoms with Gasteiger partial charge in [-0.15, -0.1) is 0 Å². The van der Waals surface area contributed by atoms with Crippen molar-refractivity contribution in [2.75, 3.05) is 17.7 Å². The van der Waals surface area contributed by atoms with E-state index in [1.807, 2.05) is 0 Å². The molecule has 0 saturated heterocycles. The molecule has 21 heavy (non-hydrogen) atoms. The fourth-order valence-electron chi connectivity index (χ4n) is 2.09. The number of ether oxygens (including phenoxy) is 1. The molecule has 0 heterocycles. The molecule has 1 amide bonds. The Labute approximate surface area is 132 Å². The Morgan fingerprint density at radius 2 is 2.10 bits per heavy atom. The van der Waals surface area contributed by atoms with Crippen molar-refractivity contribution in [2.45, 2.75) is 46.1 Å². The third-order valence-corrected chi connectivity index (χ3v) is 3.38. The van der Waals surface area contributed by atoms with Crippen LogP contribution >= 0.6 is 11.6 Å². The number of nitrogens with two attached hydrogens (primary N) is 1. The minimum Gasteiger partial charge on any atom is -0.397 e. The molecule has 0 aliphatic carbocycles. The van der Waals surface area contributed by atoms with E-state index < -0.39 is 0 Å². The molecule has 1 atom stereocenters. The zero-order valence-corrected chi connectivity index (χ0v) is 13.7. The van der Waals surface area contributed by atoms with Gasteiger partial charge in [0.2, 0.25) is 5.91 Å². The lowest BCUT2D eigenvalue weighted by molar-refractivity contribution is -0.116. The SMILES string of the molecule is CC(C)CC(C)OCCCC(=O)Nc1ccc(Cl)c(N)c1. The van der Waals surface area contributed by atoms with Crippen LogP contribution in [-0.2, 0) is 9.53 Å². The number of amides is 1. The standard InChI is InChI=1S/C16H25ClN2O2/c1-11(2)9-12(3)21-8-4-5-16(20)19-13-6-7-14(17)15(18)10-13/h6-7,10-12H,4-5,8-9,18H2,1-3H3,(H,19,20). The van der Waals surface area contributed by atoms with Gasteiger partial charge in [0.15, 0.2) is 0 Å². The first-order chi connectivity index (χ1) is 9.88. The number of benzene rings is 1. The zero-order valence-electron chi connectivity index (χ0n) is 13.0. The van der Waals surface area contributed by atoms with Crippen molar-refractivity contribution in [1.82, 2.24) is 0 Å². The van der Waals surface area contributed by atoms with Gasteiger partial charge >= 0.3 is 0 Å². The van der Waals surface area contributed by atoms with Crippen molar-refractivity contribution in [3.63, 3.8) is 0 Å². The van der Waals surface area contributed by atoms with Crippen molar-refractivity contribution >= 4 is 28.9 Å². The lowest BCUT2D eigenvalue weighted by Gasteiger charge is -2.15. The van der Waals surface area contributed by atoms with Crippen LogP contribution in [0, 0.1) is 5.92 Å². The van der Waals surface area contributed by atoms with Gasteiger partial charge in [-0.3, -0.25) is 4.79 Å². The summed E-state index contributed by atoms with van der Waals surface area (Å²) in [5, 5.41) is 3.28. The van der Waals surface area contributed by atoms with Crippen molar-refractivity contribution in [2.24, 2.45) is 5.92 Å². The zero-order chi connectivity index (χ0) is 15.8. The number of anilines is 2. The molecule has 5 heteroatoms. The fraction of sp³-hybridized carbons (Fsp3) is 0.562. The first kappa shape index (κ1) is 17.8. The highest BCUT2D eigenvalue weighted by Gasteiger charge is 2.07. The Bertz CT molecular complexity index is 464. The number of hydrogen-bond donors (Lipinski definition) is 2. The summed E-state index contributed by atoms with van der Waals surface area (Å²) in [5.74, 6) is 0.579. The van der Waals surface area contributed by atoms with Gasteiger partial charge in [-0.25, -0.2) is 0 Å². The van der Waals surface area contributed by atoms with Gasteiger partial charge in [0, 0.05) is 18.7 Å². The Morgan fingerprint density at radius 3 is 2.71 bits per heavy atom. The minimum atomic E-state index is -0.0446. The van der Waals surface area contributed by atoms with E-state index in [1.165, 1.54) is 0 Å². The average molecular weight is 313 g/mol. The number of nitrogens with one attached hydrogen (secondary N) is 1. The maximum atomic E-state index is 11.8. The highest BCUT2D eigenvalue weighted by atomic mass is 35.5. The lowest BCUT2D eigenvalue weighted by atomic mass is 10.1. The van der Waals surface area contributed by atoms with Gasteiger partial charge < -0.3 is 15.8 Å². The molecule has 0 aliphatic rings. The summed E-state index contributed by atoms with van der Waals surface area (Å²) in [6, 6.07) is 5.06. The summed E-state index contributed by atoms with van der Waals surface area (Å²) >= 11 is 5.83. The molecule has 0 saturated carbocycles. The molecular weight excluding hydrogens is 288 g/mol. The summed E-state index contributed by atoms with van der Waals surface area (Å²) in [4.78, 5) is 11.8. The molecule has 0 aliphatic heterocycles. The van der Waals surface area contributed by atoms with E-state index in [9.17, 15) is 4.79 Å². The number of hydrogen-bond acceptors (Lipinski definition) is 3. The molecule has 1 unspecified atom stereocenters. The second-order valence-electron chi connectivity index (χ2n) is 5.70. The number of halogens is 1. The van der Waals surface area contributed by atoms with Crippen LogP contribution in [0.4, 0.5) is 11.4 Å². The van der Waals surface area contributed by atoms with Crippen LogP contribution in [0.15, 0.2) is 18.2 Å². The fourth-order valence-corrected chi connectivity index (χ4v) is 2.21. The predicted molar refractivity (Wildman–Crippen MR) is 88.6 cm³/mol. The normalized spacial score (nSPS) is 12.4. The smallest absolute Gasteiger partial charge is 0.224 e. The topological polar surface area (TPSA) is 64.3 Å². The number of carbonyl (C=O) groups is 1. The molecule has 1 aromatic carbocycles. The van der Waals surface area contributed by atoms with Gasteiger partial charge in [-0.05, 0) is 43.9 Å². The minimum absolute atomic E-state index is 0.0446. The predicted octanol–water partition coefficient (Wildman–Crippen LogP) is 4.09. The molecule has 0 fully saturated rings. The Balaban J connectivity index is 2.23. The van der Waals surface area contributed by atoms with Gasteiger partial charge in [-0.1, -0.05) is 25.4 Å². The maximum Gasteiger partial charge on any atom is 0.224 e. The van der Waals surface area contributed by atoms with Crippen LogP contribution in [0.25, 0.3) is 0 Å². The van der Waals surface area contributed by atoms with Crippen LogP contribution in [-0.4, -0.2) is 18.6 Å². The van der Waals surface area contributed by atoms with E-state index in [0.29, 0.717) is 41.8 Å². The van der Waals surface area contributed by atoms with Crippen LogP contribution in [0.2, 0.25) is 5.02 Å². The summed E-state index contributed by atoms with van der Waals surface area (Å²) in [6.07, 6.45) is 2.41. The van der Waals surface area contributed by atoms with Crippen molar-refractivity contribution in [3.05, 3.63) is 23.2 Å². The molecule has 1 rings (SSSR count). The van der Waals surface area contributed by atoms with E-state index in [4.69, 9.17) is 22.1 Å². The molecule has 0 spiro atoms. The van der Waals surface area contributed by atoms with Crippen LogP contribution in [0.3, 0.4) is 0 Å². The molecule has 118 valence electrons. The van der Waals surface area contributed by atoms with Crippen LogP contribution in [0.5, 0.6) is 0 Å². The van der Waals surface area contributed by atoms with Crippen molar-refractivity contribution in [1.29, 1.82) is 0 Å². The third kappa shape index (κ3) is 7.34.